The third-order valence-electron chi connectivity index (χ3n) is 4.20. The highest BCUT2D eigenvalue weighted by molar-refractivity contribution is 4.87. The van der Waals surface area contributed by atoms with Crippen LogP contribution in [0.2, 0.25) is 0 Å². The summed E-state index contributed by atoms with van der Waals surface area (Å²) in [5, 5.41) is 0. The van der Waals surface area contributed by atoms with Crippen LogP contribution in [0.5, 0.6) is 0 Å². The number of ether oxygens (including phenoxy) is 1. The van der Waals surface area contributed by atoms with E-state index in [0.29, 0.717) is 24.3 Å². The number of rotatable bonds is 1. The highest BCUT2D eigenvalue weighted by Gasteiger charge is 2.31. The molecule has 4 atom stereocenters. The Labute approximate surface area is 106 Å². The van der Waals surface area contributed by atoms with Crippen LogP contribution in [0.1, 0.15) is 52.4 Å². The van der Waals surface area contributed by atoms with Gasteiger partial charge in [0.1, 0.15) is 0 Å². The average molecular weight is 240 g/mol. The Morgan fingerprint density at radius 2 is 1.53 bits per heavy atom. The highest BCUT2D eigenvalue weighted by atomic mass is 16.5. The van der Waals surface area contributed by atoms with Crippen LogP contribution in [0, 0.1) is 0 Å². The highest BCUT2D eigenvalue weighted by Crippen LogP contribution is 2.23. The number of hydrogen-bond donors (Lipinski definition) is 1. The Hall–Kier alpha value is -0.120. The second-order valence-corrected chi connectivity index (χ2v) is 5.93. The lowest BCUT2D eigenvalue weighted by Gasteiger charge is -2.43. The summed E-state index contributed by atoms with van der Waals surface area (Å²) in [5.74, 6) is 0. The molecule has 4 unspecified atom stereocenters. The largest absolute Gasteiger partial charge is 0.373 e. The van der Waals surface area contributed by atoms with E-state index in [2.05, 4.69) is 18.7 Å². The van der Waals surface area contributed by atoms with Gasteiger partial charge in [-0.25, -0.2) is 0 Å². The molecule has 0 amide bonds. The molecule has 1 aliphatic carbocycles. The molecule has 3 nitrogen and oxygen atoms in total. The van der Waals surface area contributed by atoms with Crippen molar-refractivity contribution >= 4 is 0 Å². The first-order chi connectivity index (χ1) is 8.16. The van der Waals surface area contributed by atoms with Gasteiger partial charge in [0.25, 0.3) is 0 Å². The van der Waals surface area contributed by atoms with Crippen molar-refractivity contribution in [3.63, 3.8) is 0 Å². The first-order valence-electron chi connectivity index (χ1n) is 7.32. The third kappa shape index (κ3) is 3.67. The molecule has 1 saturated heterocycles. The number of hydrogen-bond acceptors (Lipinski definition) is 3. The fraction of sp³-hybridized carbons (Fsp3) is 1.00. The van der Waals surface area contributed by atoms with Crippen LogP contribution >= 0.6 is 0 Å². The van der Waals surface area contributed by atoms with Gasteiger partial charge >= 0.3 is 0 Å². The van der Waals surface area contributed by atoms with Gasteiger partial charge in [-0.2, -0.15) is 0 Å². The van der Waals surface area contributed by atoms with Crippen molar-refractivity contribution in [1.29, 1.82) is 0 Å². The summed E-state index contributed by atoms with van der Waals surface area (Å²) in [6.07, 6.45) is 8.61. The van der Waals surface area contributed by atoms with E-state index in [1.807, 2.05) is 0 Å². The topological polar surface area (TPSA) is 38.5 Å². The fourth-order valence-electron chi connectivity index (χ4n) is 3.44. The molecule has 0 spiro atoms. The Balaban J connectivity index is 1.97. The van der Waals surface area contributed by atoms with Crippen LogP contribution in [-0.4, -0.2) is 42.3 Å². The first-order valence-corrected chi connectivity index (χ1v) is 7.32. The minimum Gasteiger partial charge on any atom is -0.373 e. The maximum atomic E-state index is 6.39. The summed E-state index contributed by atoms with van der Waals surface area (Å²) in [6, 6.07) is 0.955. The van der Waals surface area contributed by atoms with Crippen molar-refractivity contribution in [2.75, 3.05) is 13.1 Å². The van der Waals surface area contributed by atoms with Crippen LogP contribution in [0.3, 0.4) is 0 Å². The molecule has 2 N–H and O–H groups in total. The monoisotopic (exact) mass is 240 g/mol. The summed E-state index contributed by atoms with van der Waals surface area (Å²) in [6.45, 7) is 6.47. The van der Waals surface area contributed by atoms with Gasteiger partial charge < -0.3 is 10.5 Å². The predicted octanol–water partition coefficient (Wildman–Crippen LogP) is 2.15. The van der Waals surface area contributed by atoms with E-state index in [9.17, 15) is 0 Å². The molecule has 0 radical (unpaired) electrons. The molecule has 17 heavy (non-hydrogen) atoms. The van der Waals surface area contributed by atoms with Gasteiger partial charge in [0.15, 0.2) is 0 Å². The summed E-state index contributed by atoms with van der Waals surface area (Å²) in [4.78, 5) is 2.59. The van der Waals surface area contributed by atoms with E-state index in [4.69, 9.17) is 10.5 Å². The molecule has 2 aliphatic rings. The van der Waals surface area contributed by atoms with E-state index in [0.717, 1.165) is 13.1 Å². The van der Waals surface area contributed by atoms with Crippen LogP contribution in [-0.2, 0) is 4.74 Å². The normalized spacial score (nSPS) is 41.8. The summed E-state index contributed by atoms with van der Waals surface area (Å²) in [5.41, 5.74) is 6.39. The molecule has 2 rings (SSSR count). The number of nitrogens with zero attached hydrogens (tertiary/aromatic N) is 1. The lowest BCUT2D eigenvalue weighted by Crippen LogP contribution is -2.55. The standard InChI is InChI=1S/C14H28N2O/c1-11-9-16(10-12(2)17-11)14-8-6-4-3-5-7-13(14)15/h11-14H,3-10,15H2,1-2H3. The Morgan fingerprint density at radius 1 is 0.941 bits per heavy atom. The van der Waals surface area contributed by atoms with Gasteiger partial charge in [0.05, 0.1) is 12.2 Å². The second kappa shape index (κ2) is 6.17. The Bertz CT molecular complexity index is 224. The second-order valence-electron chi connectivity index (χ2n) is 5.93. The van der Waals surface area contributed by atoms with Gasteiger partial charge in [0.2, 0.25) is 0 Å². The molecule has 1 saturated carbocycles. The molecule has 0 aromatic carbocycles. The molecule has 2 fully saturated rings. The molecule has 0 aromatic heterocycles. The third-order valence-corrected chi connectivity index (χ3v) is 4.20. The molecule has 0 aromatic rings. The molecule has 3 heteroatoms. The lowest BCUT2D eigenvalue weighted by atomic mass is 9.91. The first kappa shape index (κ1) is 13.3. The van der Waals surface area contributed by atoms with Crippen molar-refractivity contribution in [2.45, 2.75) is 76.7 Å². The minimum absolute atomic E-state index is 0.358. The van der Waals surface area contributed by atoms with Crippen molar-refractivity contribution in [1.82, 2.24) is 4.90 Å². The van der Waals surface area contributed by atoms with E-state index in [-0.39, 0.29) is 0 Å². The smallest absolute Gasteiger partial charge is 0.0678 e. The summed E-state index contributed by atoms with van der Waals surface area (Å²) in [7, 11) is 0. The van der Waals surface area contributed by atoms with Gasteiger partial charge in [-0.3, -0.25) is 4.90 Å². The molecular weight excluding hydrogens is 212 g/mol. The van der Waals surface area contributed by atoms with E-state index >= 15 is 0 Å². The van der Waals surface area contributed by atoms with Crippen LogP contribution in [0.25, 0.3) is 0 Å². The lowest BCUT2D eigenvalue weighted by molar-refractivity contribution is -0.0848. The molecule has 100 valence electrons. The van der Waals surface area contributed by atoms with Crippen molar-refractivity contribution in [2.24, 2.45) is 5.73 Å². The quantitative estimate of drug-likeness (QED) is 0.763. The Morgan fingerprint density at radius 3 is 2.18 bits per heavy atom. The SMILES string of the molecule is CC1CN(C2CCCCCCC2N)CC(C)O1. The summed E-state index contributed by atoms with van der Waals surface area (Å²) < 4.78 is 5.82. The van der Waals surface area contributed by atoms with E-state index < -0.39 is 0 Å². The minimum atomic E-state index is 0.358. The predicted molar refractivity (Wildman–Crippen MR) is 71.0 cm³/mol. The van der Waals surface area contributed by atoms with Crippen LogP contribution < -0.4 is 5.73 Å². The van der Waals surface area contributed by atoms with Crippen LogP contribution in [0.4, 0.5) is 0 Å². The number of nitrogens with two attached hydrogens (primary N) is 1. The van der Waals surface area contributed by atoms with Gasteiger partial charge in [-0.1, -0.05) is 25.7 Å². The van der Waals surface area contributed by atoms with E-state index in [1.165, 1.54) is 38.5 Å². The van der Waals surface area contributed by atoms with Crippen molar-refractivity contribution in [3.05, 3.63) is 0 Å². The van der Waals surface area contributed by atoms with Gasteiger partial charge in [0, 0.05) is 25.2 Å². The molecular formula is C14H28N2O. The maximum absolute atomic E-state index is 6.39. The zero-order valence-corrected chi connectivity index (χ0v) is 11.4. The zero-order valence-electron chi connectivity index (χ0n) is 11.4. The Kier molecular flexibility index (Phi) is 4.83. The van der Waals surface area contributed by atoms with Gasteiger partial charge in [-0.05, 0) is 26.7 Å². The van der Waals surface area contributed by atoms with E-state index in [1.54, 1.807) is 0 Å². The zero-order chi connectivity index (χ0) is 12.3. The fourth-order valence-corrected chi connectivity index (χ4v) is 3.44. The molecule has 1 heterocycles. The molecule has 1 aliphatic heterocycles. The average Bonchev–Trinajstić information content (AvgIpc) is 2.22. The number of morpholine rings is 1. The summed E-state index contributed by atoms with van der Waals surface area (Å²) >= 11 is 0. The van der Waals surface area contributed by atoms with Gasteiger partial charge in [-0.15, -0.1) is 0 Å². The van der Waals surface area contributed by atoms with Crippen molar-refractivity contribution < 1.29 is 4.74 Å². The molecule has 0 bridgehead atoms. The van der Waals surface area contributed by atoms with Crippen LogP contribution in [0.15, 0.2) is 0 Å². The van der Waals surface area contributed by atoms with Crippen molar-refractivity contribution in [3.8, 4) is 0 Å². The maximum Gasteiger partial charge on any atom is 0.0678 e.